The van der Waals surface area contributed by atoms with Crippen LogP contribution in [-0.2, 0) is 16.1 Å². The van der Waals surface area contributed by atoms with Gasteiger partial charge >= 0.3 is 12.1 Å². The minimum Gasteiger partial charge on any atom is -0.480 e. The quantitative estimate of drug-likeness (QED) is 0.837. The van der Waals surface area contributed by atoms with Gasteiger partial charge in [-0.25, -0.2) is 9.78 Å². The van der Waals surface area contributed by atoms with E-state index in [1.54, 1.807) is 33.0 Å². The highest BCUT2D eigenvalue weighted by Crippen LogP contribution is 2.18. The Kier molecular flexibility index (Phi) is 5.66. The van der Waals surface area contributed by atoms with Gasteiger partial charge in [0, 0.05) is 25.8 Å². The summed E-state index contributed by atoms with van der Waals surface area (Å²) in [5.74, 6) is -0.967. The number of carboxylic acid groups (broad SMARTS) is 1. The van der Waals surface area contributed by atoms with Crippen molar-refractivity contribution in [1.29, 1.82) is 0 Å². The first kappa shape index (κ1) is 18.5. The maximum atomic E-state index is 12.2. The van der Waals surface area contributed by atoms with E-state index in [4.69, 9.17) is 16.3 Å². The first-order chi connectivity index (χ1) is 11.2. The number of carbonyl (C=O) groups excluding carboxylic acids is 1. The lowest BCUT2D eigenvalue weighted by molar-refractivity contribution is -0.145. The Morgan fingerprint density at radius 1 is 1.38 bits per heavy atom. The number of aromatic nitrogens is 1. The Bertz CT molecular complexity index is 600. The molecule has 2 heterocycles. The Balaban J connectivity index is 2.04. The molecule has 1 aliphatic heterocycles. The monoisotopic (exact) mass is 355 g/mol. The molecule has 24 heavy (non-hydrogen) atoms. The lowest BCUT2D eigenvalue weighted by atomic mass is 10.1. The molecule has 2 rings (SSSR count). The molecule has 1 N–H and O–H groups in total. The lowest BCUT2D eigenvalue weighted by Gasteiger charge is -2.39. The highest BCUT2D eigenvalue weighted by molar-refractivity contribution is 6.29. The number of halogens is 1. The molecule has 8 heteroatoms. The van der Waals surface area contributed by atoms with Crippen LogP contribution in [0.3, 0.4) is 0 Å². The van der Waals surface area contributed by atoms with Crippen LogP contribution in [-0.4, -0.2) is 63.2 Å². The summed E-state index contributed by atoms with van der Waals surface area (Å²) in [4.78, 5) is 31.0. The number of aliphatic carboxylic acids is 1. The Hall–Kier alpha value is -1.86. The van der Waals surface area contributed by atoms with Crippen molar-refractivity contribution >= 4 is 23.7 Å². The molecule has 0 saturated carbocycles. The molecule has 132 valence electrons. The number of carbonyl (C=O) groups is 2. The molecule has 0 spiro atoms. The van der Waals surface area contributed by atoms with E-state index in [-0.39, 0.29) is 6.54 Å². The maximum absolute atomic E-state index is 12.2. The van der Waals surface area contributed by atoms with Gasteiger partial charge in [0.2, 0.25) is 0 Å². The standard InChI is InChI=1S/C16H22ClN3O4/c1-16(2,3)24-15(23)20-7-6-19(12(10-20)14(21)22)9-11-4-5-13(17)18-8-11/h4-5,8,12H,6-7,9-10H2,1-3H3,(H,21,22)/t12-/m0/s1. The Morgan fingerprint density at radius 3 is 2.62 bits per heavy atom. The Morgan fingerprint density at radius 2 is 2.08 bits per heavy atom. The summed E-state index contributed by atoms with van der Waals surface area (Å²) in [5, 5.41) is 9.90. The molecule has 0 bridgehead atoms. The van der Waals surface area contributed by atoms with Crippen molar-refractivity contribution in [1.82, 2.24) is 14.8 Å². The van der Waals surface area contributed by atoms with E-state index >= 15 is 0 Å². The molecule has 1 amide bonds. The van der Waals surface area contributed by atoms with Gasteiger partial charge in [0.05, 0.1) is 6.54 Å². The van der Waals surface area contributed by atoms with Crippen molar-refractivity contribution < 1.29 is 19.4 Å². The normalized spacial score (nSPS) is 19.2. The van der Waals surface area contributed by atoms with Crippen LogP contribution in [0.1, 0.15) is 26.3 Å². The van der Waals surface area contributed by atoms with E-state index in [2.05, 4.69) is 4.98 Å². The first-order valence-corrected chi connectivity index (χ1v) is 8.09. The molecule has 0 unspecified atom stereocenters. The van der Waals surface area contributed by atoms with Gasteiger partial charge in [0.25, 0.3) is 0 Å². The average molecular weight is 356 g/mol. The summed E-state index contributed by atoms with van der Waals surface area (Å²) < 4.78 is 5.32. The fourth-order valence-electron chi connectivity index (χ4n) is 2.47. The minimum absolute atomic E-state index is 0.0886. The van der Waals surface area contributed by atoms with E-state index in [0.29, 0.717) is 24.8 Å². The molecule has 1 saturated heterocycles. The van der Waals surface area contributed by atoms with Gasteiger partial charge in [-0.3, -0.25) is 9.69 Å². The number of rotatable bonds is 3. The highest BCUT2D eigenvalue weighted by atomic mass is 35.5. The second-order valence-corrected chi connectivity index (χ2v) is 7.13. The third-order valence-corrected chi connectivity index (χ3v) is 3.83. The molecule has 0 aliphatic carbocycles. The van der Waals surface area contributed by atoms with Crippen molar-refractivity contribution in [2.24, 2.45) is 0 Å². The minimum atomic E-state index is -0.967. The summed E-state index contributed by atoms with van der Waals surface area (Å²) in [6.45, 7) is 6.73. The first-order valence-electron chi connectivity index (χ1n) is 7.71. The zero-order valence-corrected chi connectivity index (χ0v) is 14.8. The zero-order chi connectivity index (χ0) is 17.9. The zero-order valence-electron chi connectivity index (χ0n) is 14.0. The van der Waals surface area contributed by atoms with Crippen LogP contribution < -0.4 is 0 Å². The second-order valence-electron chi connectivity index (χ2n) is 6.74. The lowest BCUT2D eigenvalue weighted by Crippen LogP contribution is -2.57. The van der Waals surface area contributed by atoms with Crippen LogP contribution in [0.5, 0.6) is 0 Å². The fraction of sp³-hybridized carbons (Fsp3) is 0.562. The number of hydrogen-bond donors (Lipinski definition) is 1. The molecule has 1 aliphatic rings. The number of piperazine rings is 1. The summed E-state index contributed by atoms with van der Waals surface area (Å²) >= 11 is 5.76. The van der Waals surface area contributed by atoms with Crippen molar-refractivity contribution in [3.05, 3.63) is 29.0 Å². The van der Waals surface area contributed by atoms with Gasteiger partial charge in [-0.05, 0) is 32.4 Å². The summed E-state index contributed by atoms with van der Waals surface area (Å²) in [5.41, 5.74) is 0.262. The van der Waals surface area contributed by atoms with Gasteiger partial charge in [-0.2, -0.15) is 0 Å². The van der Waals surface area contributed by atoms with Gasteiger partial charge in [-0.15, -0.1) is 0 Å². The van der Waals surface area contributed by atoms with Gasteiger partial charge < -0.3 is 14.7 Å². The maximum Gasteiger partial charge on any atom is 0.410 e. The van der Waals surface area contributed by atoms with Crippen molar-refractivity contribution in [2.45, 2.75) is 39.0 Å². The number of ether oxygens (including phenoxy) is 1. The van der Waals surface area contributed by atoms with Gasteiger partial charge in [0.15, 0.2) is 0 Å². The van der Waals surface area contributed by atoms with E-state index in [0.717, 1.165) is 5.56 Å². The molecule has 7 nitrogen and oxygen atoms in total. The SMILES string of the molecule is CC(C)(C)OC(=O)N1CCN(Cc2ccc(Cl)nc2)[C@H](C(=O)O)C1. The highest BCUT2D eigenvalue weighted by Gasteiger charge is 2.35. The van der Waals surface area contributed by atoms with Crippen LogP contribution in [0, 0.1) is 0 Å². The molecule has 1 atom stereocenters. The number of hydrogen-bond acceptors (Lipinski definition) is 5. The molecule has 0 radical (unpaired) electrons. The Labute approximate surface area is 146 Å². The van der Waals surface area contributed by atoms with Crippen LogP contribution >= 0.6 is 11.6 Å². The van der Waals surface area contributed by atoms with Crippen LogP contribution in [0.4, 0.5) is 4.79 Å². The fourth-order valence-corrected chi connectivity index (χ4v) is 2.58. The largest absolute Gasteiger partial charge is 0.480 e. The predicted octanol–water partition coefficient (Wildman–Crippen LogP) is 2.24. The molecular weight excluding hydrogens is 334 g/mol. The number of nitrogens with zero attached hydrogens (tertiary/aromatic N) is 3. The smallest absolute Gasteiger partial charge is 0.410 e. The number of amides is 1. The van der Waals surface area contributed by atoms with Crippen LogP contribution in [0.15, 0.2) is 18.3 Å². The van der Waals surface area contributed by atoms with E-state index in [1.807, 2.05) is 11.0 Å². The van der Waals surface area contributed by atoms with E-state index < -0.39 is 23.7 Å². The third kappa shape index (κ3) is 5.07. The van der Waals surface area contributed by atoms with Crippen molar-refractivity contribution in [3.8, 4) is 0 Å². The molecular formula is C16H22ClN3O4. The summed E-state index contributed by atoms with van der Waals surface area (Å²) in [7, 11) is 0. The van der Waals surface area contributed by atoms with Crippen molar-refractivity contribution in [2.75, 3.05) is 19.6 Å². The number of pyridine rings is 1. The van der Waals surface area contributed by atoms with Gasteiger partial charge in [-0.1, -0.05) is 17.7 Å². The van der Waals surface area contributed by atoms with Crippen LogP contribution in [0.2, 0.25) is 5.15 Å². The van der Waals surface area contributed by atoms with Crippen molar-refractivity contribution in [3.63, 3.8) is 0 Å². The predicted molar refractivity (Wildman–Crippen MR) is 88.9 cm³/mol. The average Bonchev–Trinajstić information content (AvgIpc) is 2.48. The van der Waals surface area contributed by atoms with Gasteiger partial charge in [0.1, 0.15) is 16.8 Å². The van der Waals surface area contributed by atoms with Crippen LogP contribution in [0.25, 0.3) is 0 Å². The van der Waals surface area contributed by atoms with E-state index in [9.17, 15) is 14.7 Å². The number of carboxylic acids is 1. The summed E-state index contributed by atoms with van der Waals surface area (Å²) in [6.07, 6.45) is 1.14. The second kappa shape index (κ2) is 7.36. The summed E-state index contributed by atoms with van der Waals surface area (Å²) in [6, 6.07) is 2.69. The molecule has 1 fully saturated rings. The topological polar surface area (TPSA) is 83.0 Å². The molecule has 0 aromatic carbocycles. The molecule has 1 aromatic heterocycles. The third-order valence-electron chi connectivity index (χ3n) is 3.60. The van der Waals surface area contributed by atoms with E-state index in [1.165, 1.54) is 4.90 Å². The molecule has 1 aromatic rings.